The molecule has 0 radical (unpaired) electrons. The number of nitrogens with zero attached hydrogens (tertiary/aromatic N) is 4. The fraction of sp³-hybridized carbons (Fsp3) is 0. The molecule has 10 rings (SSSR count). The van der Waals surface area contributed by atoms with Gasteiger partial charge in [-0.25, -0.2) is 0 Å². The van der Waals surface area contributed by atoms with Crippen molar-refractivity contribution >= 4 is 43.6 Å². The SMILES string of the molecule is N#Cc1cccc(-c2cc(-n3c4ccccc4c4ccc(-c5ccccc5)cc43)c(C#N)c(-n3c4ccccc4c4ccc(-c5ccccc5)cc43)c2)c1. The van der Waals surface area contributed by atoms with Crippen LogP contribution >= 0.6 is 0 Å². The maximum absolute atomic E-state index is 11.4. The van der Waals surface area contributed by atoms with Crippen molar-refractivity contribution in [2.45, 2.75) is 0 Å². The van der Waals surface area contributed by atoms with Gasteiger partial charge in [0, 0.05) is 21.5 Å². The van der Waals surface area contributed by atoms with Gasteiger partial charge in [-0.3, -0.25) is 0 Å². The second-order valence-corrected chi connectivity index (χ2v) is 13.6. The molecule has 2 aromatic heterocycles. The molecule has 0 saturated heterocycles. The molecule has 250 valence electrons. The van der Waals surface area contributed by atoms with E-state index < -0.39 is 0 Å². The van der Waals surface area contributed by atoms with Crippen LogP contribution in [0.1, 0.15) is 11.1 Å². The van der Waals surface area contributed by atoms with Gasteiger partial charge in [0.05, 0.1) is 45.1 Å². The van der Waals surface area contributed by atoms with Gasteiger partial charge in [-0.2, -0.15) is 10.5 Å². The Morgan fingerprint density at radius 1 is 0.315 bits per heavy atom. The minimum Gasteiger partial charge on any atom is -0.308 e. The van der Waals surface area contributed by atoms with Gasteiger partial charge in [-0.1, -0.05) is 133 Å². The van der Waals surface area contributed by atoms with Crippen LogP contribution < -0.4 is 0 Å². The number of rotatable bonds is 5. The summed E-state index contributed by atoms with van der Waals surface area (Å²) in [7, 11) is 0. The molecule has 8 aromatic carbocycles. The van der Waals surface area contributed by atoms with Crippen LogP contribution in [0.5, 0.6) is 0 Å². The summed E-state index contributed by atoms with van der Waals surface area (Å²) < 4.78 is 4.50. The van der Waals surface area contributed by atoms with Gasteiger partial charge in [0.2, 0.25) is 0 Å². The Hall–Kier alpha value is -7.66. The van der Waals surface area contributed by atoms with Gasteiger partial charge in [0.25, 0.3) is 0 Å². The molecule has 2 heterocycles. The van der Waals surface area contributed by atoms with Crippen LogP contribution in [0.15, 0.2) is 182 Å². The lowest BCUT2D eigenvalue weighted by Crippen LogP contribution is -2.05. The summed E-state index contributed by atoms with van der Waals surface area (Å²) in [5.41, 5.74) is 13.0. The van der Waals surface area contributed by atoms with Crippen LogP contribution in [0.25, 0.3) is 88.4 Å². The minimum atomic E-state index is 0.552. The fourth-order valence-electron chi connectivity index (χ4n) is 8.09. The largest absolute Gasteiger partial charge is 0.308 e. The minimum absolute atomic E-state index is 0.552. The maximum Gasteiger partial charge on any atom is 0.104 e. The summed E-state index contributed by atoms with van der Waals surface area (Å²) in [4.78, 5) is 0. The number of hydrogen-bond acceptors (Lipinski definition) is 2. The average Bonchev–Trinajstić information content (AvgIpc) is 3.75. The summed E-state index contributed by atoms with van der Waals surface area (Å²) in [6, 6.07) is 67.8. The number of nitriles is 2. The number of para-hydroxylation sites is 2. The van der Waals surface area contributed by atoms with Crippen molar-refractivity contribution in [2.75, 3.05) is 0 Å². The first-order chi connectivity index (χ1) is 26.7. The Balaban J connectivity index is 1.35. The predicted molar refractivity (Wildman–Crippen MR) is 221 cm³/mol. The van der Waals surface area contributed by atoms with Gasteiger partial charge >= 0.3 is 0 Å². The van der Waals surface area contributed by atoms with Crippen molar-refractivity contribution in [2.24, 2.45) is 0 Å². The van der Waals surface area contributed by atoms with Crippen molar-refractivity contribution in [1.29, 1.82) is 10.5 Å². The van der Waals surface area contributed by atoms with Crippen LogP contribution in [0.2, 0.25) is 0 Å². The molecule has 10 aromatic rings. The third-order valence-corrected chi connectivity index (χ3v) is 10.6. The molecule has 0 fully saturated rings. The Morgan fingerprint density at radius 2 is 0.759 bits per heavy atom. The highest BCUT2D eigenvalue weighted by molar-refractivity contribution is 6.12. The second kappa shape index (κ2) is 12.5. The van der Waals surface area contributed by atoms with Crippen molar-refractivity contribution in [3.8, 4) is 56.9 Å². The summed E-state index contributed by atoms with van der Waals surface area (Å²) in [6.45, 7) is 0. The number of benzene rings is 8. The highest BCUT2D eigenvalue weighted by atomic mass is 15.0. The lowest BCUT2D eigenvalue weighted by Gasteiger charge is -2.19. The Morgan fingerprint density at radius 3 is 1.26 bits per heavy atom. The molecule has 0 aliphatic heterocycles. The van der Waals surface area contributed by atoms with Gasteiger partial charge in [-0.15, -0.1) is 0 Å². The maximum atomic E-state index is 11.4. The smallest absolute Gasteiger partial charge is 0.104 e. The average molecular weight is 687 g/mol. The Bertz CT molecular complexity index is 2990. The molecule has 54 heavy (non-hydrogen) atoms. The van der Waals surface area contributed by atoms with Gasteiger partial charge in [0.15, 0.2) is 0 Å². The molecule has 0 aliphatic rings. The molecule has 0 spiro atoms. The monoisotopic (exact) mass is 686 g/mol. The number of hydrogen-bond donors (Lipinski definition) is 0. The van der Waals surface area contributed by atoms with Gasteiger partial charge in [0.1, 0.15) is 11.6 Å². The summed E-state index contributed by atoms with van der Waals surface area (Å²) in [5, 5.41) is 25.7. The van der Waals surface area contributed by atoms with E-state index in [4.69, 9.17) is 0 Å². The molecule has 0 atom stereocenters. The first-order valence-corrected chi connectivity index (χ1v) is 18.0. The Kier molecular flexibility index (Phi) is 7.22. The van der Waals surface area contributed by atoms with Gasteiger partial charge < -0.3 is 9.13 Å². The van der Waals surface area contributed by atoms with E-state index >= 15 is 0 Å². The first-order valence-electron chi connectivity index (χ1n) is 18.0. The van der Waals surface area contributed by atoms with Crippen LogP contribution in [0.4, 0.5) is 0 Å². The molecule has 0 N–H and O–H groups in total. The summed E-state index contributed by atoms with van der Waals surface area (Å²) in [5.74, 6) is 0. The molecular weight excluding hydrogens is 657 g/mol. The highest BCUT2D eigenvalue weighted by Crippen LogP contribution is 2.41. The zero-order chi connectivity index (χ0) is 36.2. The quantitative estimate of drug-likeness (QED) is 0.181. The van der Waals surface area contributed by atoms with E-state index in [1.165, 1.54) is 0 Å². The third-order valence-electron chi connectivity index (χ3n) is 10.6. The molecular formula is C50H30N4. The zero-order valence-corrected chi connectivity index (χ0v) is 29.1. The normalized spacial score (nSPS) is 11.3. The number of fused-ring (bicyclic) bond motifs is 6. The third kappa shape index (κ3) is 4.90. The molecule has 0 aliphatic carbocycles. The molecule has 4 nitrogen and oxygen atoms in total. The van der Waals surface area contributed by atoms with Crippen molar-refractivity contribution in [3.63, 3.8) is 0 Å². The summed E-state index contributed by atoms with van der Waals surface area (Å²) >= 11 is 0. The topological polar surface area (TPSA) is 57.4 Å². The van der Waals surface area contributed by atoms with Crippen molar-refractivity contribution in [1.82, 2.24) is 9.13 Å². The van der Waals surface area contributed by atoms with Crippen LogP contribution in [-0.2, 0) is 0 Å². The molecule has 4 heteroatoms. The fourth-order valence-corrected chi connectivity index (χ4v) is 8.09. The summed E-state index contributed by atoms with van der Waals surface area (Å²) in [6.07, 6.45) is 0. The number of aromatic nitrogens is 2. The molecule has 0 unspecified atom stereocenters. The van der Waals surface area contributed by atoms with Crippen molar-refractivity contribution in [3.05, 3.63) is 193 Å². The van der Waals surface area contributed by atoms with Crippen LogP contribution in [0, 0.1) is 22.7 Å². The van der Waals surface area contributed by atoms with E-state index in [2.05, 4.69) is 167 Å². The zero-order valence-electron chi connectivity index (χ0n) is 29.1. The highest BCUT2D eigenvalue weighted by Gasteiger charge is 2.23. The van der Waals surface area contributed by atoms with Gasteiger partial charge in [-0.05, 0) is 81.9 Å². The molecule has 0 saturated carbocycles. The van der Waals surface area contributed by atoms with E-state index in [9.17, 15) is 10.5 Å². The molecule has 0 bridgehead atoms. The van der Waals surface area contributed by atoms with E-state index in [1.54, 1.807) is 0 Å². The lowest BCUT2D eigenvalue weighted by molar-refractivity contribution is 1.12. The van der Waals surface area contributed by atoms with E-state index in [1.807, 2.05) is 36.4 Å². The molecule has 0 amide bonds. The van der Waals surface area contributed by atoms with Crippen molar-refractivity contribution < 1.29 is 0 Å². The van der Waals surface area contributed by atoms with E-state index in [0.717, 1.165) is 88.4 Å². The Labute approximate surface area is 312 Å². The standard InChI is InChI=1S/C50H30N4/c51-31-33-12-11-17-36(26-33)39-29-49(53-45-20-9-7-18-40(45)42-24-22-37(27-47(42)53)34-13-3-1-4-14-34)44(32-52)50(30-39)54-46-21-10-8-19-41(46)43-25-23-38(28-48(43)54)35-15-5-2-6-16-35/h1-30H. The second-order valence-electron chi connectivity index (χ2n) is 13.6. The first kappa shape index (κ1) is 31.1. The van der Waals surface area contributed by atoms with Crippen LogP contribution in [0.3, 0.4) is 0 Å². The van der Waals surface area contributed by atoms with Crippen LogP contribution in [-0.4, -0.2) is 9.13 Å². The lowest BCUT2D eigenvalue weighted by atomic mass is 9.98. The van der Waals surface area contributed by atoms with E-state index in [-0.39, 0.29) is 0 Å². The predicted octanol–water partition coefficient (Wildman–Crippen LogP) is 12.6. The van der Waals surface area contributed by atoms with E-state index in [0.29, 0.717) is 11.1 Å².